The molecule has 0 amide bonds. The van der Waals surface area contributed by atoms with Crippen molar-refractivity contribution in [2.75, 3.05) is 14.2 Å². The maximum absolute atomic E-state index is 12.9. The van der Waals surface area contributed by atoms with Crippen LogP contribution in [0.5, 0.6) is 5.75 Å². The lowest BCUT2D eigenvalue weighted by Crippen LogP contribution is -2.26. The molecule has 0 radical (unpaired) electrons. The summed E-state index contributed by atoms with van der Waals surface area (Å²) in [5, 5.41) is 4.67. The fraction of sp³-hybridized carbons (Fsp3) is 0.167. The van der Waals surface area contributed by atoms with Crippen molar-refractivity contribution >= 4 is 21.6 Å². The zero-order chi connectivity index (χ0) is 18.7. The largest absolute Gasteiger partial charge is 0.496 e. The number of aromatic nitrogens is 2. The van der Waals surface area contributed by atoms with Crippen molar-refractivity contribution in [2.45, 2.75) is 11.4 Å². The van der Waals surface area contributed by atoms with E-state index in [2.05, 4.69) is 5.10 Å². The molecular weight excluding hydrogens is 374 g/mol. The zero-order valence-corrected chi connectivity index (χ0v) is 15.9. The van der Waals surface area contributed by atoms with E-state index in [4.69, 9.17) is 16.3 Å². The first-order chi connectivity index (χ1) is 12.4. The summed E-state index contributed by atoms with van der Waals surface area (Å²) in [5.74, 6) is 0.580. The van der Waals surface area contributed by atoms with Crippen LogP contribution in [-0.2, 0) is 16.6 Å². The molecule has 0 fully saturated rings. The first-order valence-corrected chi connectivity index (χ1v) is 9.62. The van der Waals surface area contributed by atoms with Gasteiger partial charge < -0.3 is 4.74 Å². The van der Waals surface area contributed by atoms with Gasteiger partial charge in [0, 0.05) is 24.2 Å². The number of methoxy groups -OCH3 is 1. The molecule has 0 aliphatic rings. The summed E-state index contributed by atoms with van der Waals surface area (Å²) in [6, 6.07) is 14.4. The van der Waals surface area contributed by atoms with Gasteiger partial charge in [0.2, 0.25) is 10.0 Å². The van der Waals surface area contributed by atoms with E-state index >= 15 is 0 Å². The summed E-state index contributed by atoms with van der Waals surface area (Å²) in [5.41, 5.74) is 1.47. The van der Waals surface area contributed by atoms with Gasteiger partial charge in [0.05, 0.1) is 25.2 Å². The molecule has 0 saturated heterocycles. The smallest absolute Gasteiger partial charge is 0.246 e. The van der Waals surface area contributed by atoms with Crippen LogP contribution >= 0.6 is 11.6 Å². The highest BCUT2D eigenvalue weighted by Crippen LogP contribution is 2.26. The summed E-state index contributed by atoms with van der Waals surface area (Å²) in [6.07, 6.45) is 2.84. The van der Waals surface area contributed by atoms with Gasteiger partial charge in [0.25, 0.3) is 0 Å². The Bertz CT molecular complexity index is 1000. The molecule has 1 aromatic heterocycles. The second-order valence-electron chi connectivity index (χ2n) is 5.67. The quantitative estimate of drug-likeness (QED) is 0.646. The van der Waals surface area contributed by atoms with Gasteiger partial charge in [0.15, 0.2) is 0 Å². The predicted molar refractivity (Wildman–Crippen MR) is 100 cm³/mol. The van der Waals surface area contributed by atoms with Crippen LogP contribution in [0.2, 0.25) is 5.02 Å². The van der Waals surface area contributed by atoms with Gasteiger partial charge in [0.1, 0.15) is 10.6 Å². The number of halogens is 1. The van der Waals surface area contributed by atoms with Crippen molar-refractivity contribution in [3.8, 4) is 11.4 Å². The molecule has 0 saturated carbocycles. The molecule has 0 aliphatic carbocycles. The Morgan fingerprint density at radius 1 is 1.19 bits per heavy atom. The molecule has 0 aliphatic heterocycles. The average Bonchev–Trinajstić information content (AvgIpc) is 3.13. The van der Waals surface area contributed by atoms with E-state index in [0.29, 0.717) is 16.3 Å². The molecule has 6 nitrogen and oxygen atoms in total. The average molecular weight is 392 g/mol. The van der Waals surface area contributed by atoms with E-state index in [1.54, 1.807) is 18.2 Å². The van der Waals surface area contributed by atoms with Crippen molar-refractivity contribution in [2.24, 2.45) is 0 Å². The Labute approximate surface area is 157 Å². The van der Waals surface area contributed by atoms with Crippen LogP contribution in [0.1, 0.15) is 5.56 Å². The molecule has 1 heterocycles. The lowest BCUT2D eigenvalue weighted by molar-refractivity contribution is 0.398. The van der Waals surface area contributed by atoms with Crippen molar-refractivity contribution in [1.29, 1.82) is 0 Å². The standard InChI is InChI=1S/C18H18ClN3O3S/c1-21(12-14-10-15(19)8-9-18(14)25-2)26(23,24)17-11-20-22(13-17)16-6-4-3-5-7-16/h3-11,13H,12H2,1-2H3. The molecule has 3 rings (SSSR count). The molecule has 136 valence electrons. The van der Waals surface area contributed by atoms with E-state index < -0.39 is 10.0 Å². The van der Waals surface area contributed by atoms with Gasteiger partial charge >= 0.3 is 0 Å². The number of rotatable bonds is 6. The highest BCUT2D eigenvalue weighted by Gasteiger charge is 2.24. The summed E-state index contributed by atoms with van der Waals surface area (Å²) >= 11 is 6.02. The lowest BCUT2D eigenvalue weighted by atomic mass is 10.2. The van der Waals surface area contributed by atoms with Crippen LogP contribution < -0.4 is 4.74 Å². The molecule has 0 atom stereocenters. The maximum Gasteiger partial charge on any atom is 0.246 e. The minimum absolute atomic E-state index is 0.116. The second-order valence-corrected chi connectivity index (χ2v) is 8.15. The van der Waals surface area contributed by atoms with Gasteiger partial charge in [-0.2, -0.15) is 9.40 Å². The van der Waals surface area contributed by atoms with Crippen molar-refractivity contribution in [3.05, 3.63) is 71.5 Å². The highest BCUT2D eigenvalue weighted by molar-refractivity contribution is 7.89. The van der Waals surface area contributed by atoms with E-state index in [1.165, 1.54) is 35.5 Å². The van der Waals surface area contributed by atoms with Gasteiger partial charge in [-0.3, -0.25) is 0 Å². The number of benzene rings is 2. The number of ether oxygens (including phenoxy) is 1. The zero-order valence-electron chi connectivity index (χ0n) is 14.3. The van der Waals surface area contributed by atoms with Crippen molar-refractivity contribution in [1.82, 2.24) is 14.1 Å². The Morgan fingerprint density at radius 2 is 1.92 bits per heavy atom. The third kappa shape index (κ3) is 3.75. The van der Waals surface area contributed by atoms with E-state index in [1.807, 2.05) is 30.3 Å². The predicted octanol–water partition coefficient (Wildman–Crippen LogP) is 3.36. The van der Waals surface area contributed by atoms with Gasteiger partial charge in [-0.1, -0.05) is 29.8 Å². The Hall–Kier alpha value is -2.35. The fourth-order valence-corrected chi connectivity index (χ4v) is 3.81. The molecule has 0 N–H and O–H groups in total. The number of para-hydroxylation sites is 1. The molecular formula is C18H18ClN3O3S. The minimum atomic E-state index is -3.71. The summed E-state index contributed by atoms with van der Waals surface area (Å²) in [7, 11) is -0.668. The second kappa shape index (κ2) is 7.49. The molecule has 0 bridgehead atoms. The summed E-state index contributed by atoms with van der Waals surface area (Å²) in [6.45, 7) is 0.128. The maximum atomic E-state index is 12.9. The van der Waals surface area contributed by atoms with Crippen molar-refractivity contribution < 1.29 is 13.2 Å². The van der Waals surface area contributed by atoms with Gasteiger partial charge in [-0.05, 0) is 30.3 Å². The number of sulfonamides is 1. The Balaban J connectivity index is 1.87. The van der Waals surface area contributed by atoms with Crippen LogP contribution in [0, 0.1) is 0 Å². The van der Waals surface area contributed by atoms with Crippen LogP contribution in [-0.4, -0.2) is 36.7 Å². The highest BCUT2D eigenvalue weighted by atomic mass is 35.5. The minimum Gasteiger partial charge on any atom is -0.496 e. The molecule has 26 heavy (non-hydrogen) atoms. The molecule has 2 aromatic carbocycles. The Morgan fingerprint density at radius 3 is 2.62 bits per heavy atom. The third-order valence-corrected chi connectivity index (χ3v) is 5.91. The number of hydrogen-bond acceptors (Lipinski definition) is 4. The number of nitrogens with zero attached hydrogens (tertiary/aromatic N) is 3. The summed E-state index contributed by atoms with van der Waals surface area (Å²) in [4.78, 5) is 0.116. The third-order valence-electron chi connectivity index (χ3n) is 3.92. The monoisotopic (exact) mass is 391 g/mol. The van der Waals surface area contributed by atoms with Gasteiger partial charge in [-0.25, -0.2) is 13.1 Å². The lowest BCUT2D eigenvalue weighted by Gasteiger charge is -2.18. The van der Waals surface area contributed by atoms with E-state index in [9.17, 15) is 8.42 Å². The summed E-state index contributed by atoms with van der Waals surface area (Å²) < 4.78 is 33.8. The topological polar surface area (TPSA) is 64.4 Å². The van der Waals surface area contributed by atoms with E-state index in [0.717, 1.165) is 5.69 Å². The SMILES string of the molecule is COc1ccc(Cl)cc1CN(C)S(=O)(=O)c1cnn(-c2ccccc2)c1. The Kier molecular flexibility index (Phi) is 5.31. The molecule has 3 aromatic rings. The number of hydrogen-bond donors (Lipinski definition) is 0. The fourth-order valence-electron chi connectivity index (χ4n) is 2.54. The van der Waals surface area contributed by atoms with Gasteiger partial charge in [-0.15, -0.1) is 0 Å². The van der Waals surface area contributed by atoms with Crippen molar-refractivity contribution in [3.63, 3.8) is 0 Å². The molecule has 8 heteroatoms. The first-order valence-electron chi connectivity index (χ1n) is 7.80. The molecule has 0 unspecified atom stereocenters. The molecule has 0 spiro atoms. The van der Waals surface area contributed by atoms with Crippen LogP contribution in [0.4, 0.5) is 0 Å². The van der Waals surface area contributed by atoms with Crippen LogP contribution in [0.15, 0.2) is 65.8 Å². The van der Waals surface area contributed by atoms with E-state index in [-0.39, 0.29) is 11.4 Å². The first kappa shape index (κ1) is 18.4. The van der Waals surface area contributed by atoms with Crippen LogP contribution in [0.25, 0.3) is 5.69 Å². The normalized spacial score (nSPS) is 11.7. The van der Waals surface area contributed by atoms with Crippen LogP contribution in [0.3, 0.4) is 0 Å².